The van der Waals surface area contributed by atoms with Crippen molar-refractivity contribution in [3.05, 3.63) is 58.0 Å². The van der Waals surface area contributed by atoms with Gasteiger partial charge in [0.2, 0.25) is 6.29 Å². The molecule has 2 atom stereocenters. The summed E-state index contributed by atoms with van der Waals surface area (Å²) in [5, 5.41) is 29.8. The van der Waals surface area contributed by atoms with Crippen LogP contribution in [0.15, 0.2) is 36.4 Å². The zero-order chi connectivity index (χ0) is 23.0. The molecule has 2 unspecified atom stereocenters. The minimum Gasteiger partial charge on any atom is -0.478 e. The summed E-state index contributed by atoms with van der Waals surface area (Å²) in [4.78, 5) is 36.9. The molecule has 0 radical (unpaired) electrons. The lowest BCUT2D eigenvalue weighted by Crippen LogP contribution is -2.33. The predicted molar refractivity (Wildman–Crippen MR) is 115 cm³/mol. The van der Waals surface area contributed by atoms with Gasteiger partial charge in [0.1, 0.15) is 11.1 Å². The number of carboxylic acid groups (broad SMARTS) is 1. The molecule has 3 heterocycles. The zero-order valence-electron chi connectivity index (χ0n) is 16.4. The summed E-state index contributed by atoms with van der Waals surface area (Å²) in [7, 11) is -1.76. The van der Waals surface area contributed by atoms with Crippen LogP contribution in [0.25, 0.3) is 4.91 Å². The number of aromatic carboxylic acids is 1. The lowest BCUT2D eigenvalue weighted by molar-refractivity contribution is -0.141. The van der Waals surface area contributed by atoms with Crippen molar-refractivity contribution in [1.82, 2.24) is 4.31 Å². The Hall–Kier alpha value is -2.90. The summed E-state index contributed by atoms with van der Waals surface area (Å²) in [5.74, 6) is -2.92. The number of aliphatic hydroxyl groups is 2. The van der Waals surface area contributed by atoms with E-state index in [1.165, 1.54) is 6.08 Å². The number of nitrogens with one attached hydrogen (secondary N) is 1. The Bertz CT molecular complexity index is 1140. The number of fused-ring (bicyclic) bond motifs is 1. The van der Waals surface area contributed by atoms with E-state index in [0.717, 1.165) is 15.6 Å². The average molecular weight is 479 g/mol. The van der Waals surface area contributed by atoms with Crippen molar-refractivity contribution in [3.8, 4) is 0 Å². The Balaban J connectivity index is 1.61. The second-order valence-electron chi connectivity index (χ2n) is 6.95. The van der Waals surface area contributed by atoms with Crippen LogP contribution in [0.1, 0.15) is 32.5 Å². The van der Waals surface area contributed by atoms with E-state index in [2.05, 4.69) is 5.32 Å². The van der Waals surface area contributed by atoms with Crippen LogP contribution in [0.4, 0.5) is 5.00 Å². The lowest BCUT2D eigenvalue weighted by Gasteiger charge is -2.27. The number of carbonyl (C=O) groups excluding carboxylic acids is 2. The predicted octanol–water partition coefficient (Wildman–Crippen LogP) is 0.856. The number of rotatable bonds is 6. The molecule has 4 rings (SSSR count). The van der Waals surface area contributed by atoms with Crippen molar-refractivity contribution in [3.63, 3.8) is 0 Å². The molecule has 2 aliphatic rings. The third kappa shape index (κ3) is 4.10. The molecule has 0 saturated heterocycles. The monoisotopic (exact) mass is 478 g/mol. The Kier molecular flexibility index (Phi) is 6.22. The van der Waals surface area contributed by atoms with Crippen LogP contribution in [0.2, 0.25) is 0 Å². The highest BCUT2D eigenvalue weighted by Gasteiger charge is 2.37. The van der Waals surface area contributed by atoms with E-state index < -0.39 is 41.2 Å². The van der Waals surface area contributed by atoms with Gasteiger partial charge in [-0.05, 0) is 17.5 Å². The standard InChI is InChI=1S/C20H18N2O8S2/c23-14-8-13(10-4-2-1-3-5-10)32(29)22(14)9-12-16-11(6-7-30-12)15(19(25)26)18(31-16)21-17(24)20(27)28/h1-5,8,12,20,27-28H,6-7,9H2,(H,21,24)(H,25,26). The fraction of sp³-hybridized carbons (Fsp3) is 0.250. The number of aliphatic hydroxyl groups excluding tert-OH is 1. The number of ether oxygens (including phenoxy) is 1. The summed E-state index contributed by atoms with van der Waals surface area (Å²) in [5.41, 5.74) is 0.920. The van der Waals surface area contributed by atoms with Gasteiger partial charge in [-0.1, -0.05) is 30.3 Å². The Morgan fingerprint density at radius 1 is 1.28 bits per heavy atom. The third-order valence-corrected chi connectivity index (χ3v) is 7.66. The van der Waals surface area contributed by atoms with Gasteiger partial charge in [-0.25, -0.2) is 9.00 Å². The number of benzene rings is 1. The first kappa shape index (κ1) is 22.3. The van der Waals surface area contributed by atoms with Crippen LogP contribution in [-0.4, -0.2) is 61.1 Å². The summed E-state index contributed by atoms with van der Waals surface area (Å²) < 4.78 is 19.9. The van der Waals surface area contributed by atoms with Crippen LogP contribution >= 0.6 is 11.3 Å². The largest absolute Gasteiger partial charge is 0.478 e. The van der Waals surface area contributed by atoms with Crippen LogP contribution in [0, 0.1) is 0 Å². The van der Waals surface area contributed by atoms with Gasteiger partial charge in [0, 0.05) is 11.0 Å². The maximum Gasteiger partial charge on any atom is 0.339 e. The first-order valence-corrected chi connectivity index (χ1v) is 11.4. The number of carbonyl (C=O) groups is 3. The van der Waals surface area contributed by atoms with E-state index in [-0.39, 0.29) is 30.1 Å². The van der Waals surface area contributed by atoms with Crippen molar-refractivity contribution < 1.29 is 38.6 Å². The summed E-state index contributed by atoms with van der Waals surface area (Å²) in [6, 6.07) is 8.85. The van der Waals surface area contributed by atoms with E-state index in [0.29, 0.717) is 20.9 Å². The maximum atomic E-state index is 13.0. The molecule has 0 bridgehead atoms. The molecule has 0 spiro atoms. The van der Waals surface area contributed by atoms with Crippen molar-refractivity contribution in [2.24, 2.45) is 0 Å². The van der Waals surface area contributed by atoms with Gasteiger partial charge < -0.3 is 25.4 Å². The molecule has 0 fully saturated rings. The topological polar surface area (TPSA) is 153 Å². The molecular weight excluding hydrogens is 460 g/mol. The molecule has 1 aromatic heterocycles. The van der Waals surface area contributed by atoms with Gasteiger partial charge in [0.15, 0.2) is 11.0 Å². The second kappa shape index (κ2) is 8.92. The molecule has 32 heavy (non-hydrogen) atoms. The van der Waals surface area contributed by atoms with Crippen LogP contribution < -0.4 is 5.32 Å². The molecule has 0 saturated carbocycles. The fourth-order valence-electron chi connectivity index (χ4n) is 3.53. The molecule has 168 valence electrons. The minimum atomic E-state index is -2.31. The van der Waals surface area contributed by atoms with Gasteiger partial charge >= 0.3 is 5.97 Å². The molecular formula is C20H18N2O8S2. The average Bonchev–Trinajstić information content (AvgIpc) is 3.27. The Morgan fingerprint density at radius 3 is 2.66 bits per heavy atom. The number of amides is 2. The first-order valence-electron chi connectivity index (χ1n) is 9.46. The van der Waals surface area contributed by atoms with Crippen LogP contribution in [0.3, 0.4) is 0 Å². The summed E-state index contributed by atoms with van der Waals surface area (Å²) in [6.07, 6.45) is -1.51. The fourth-order valence-corrected chi connectivity index (χ4v) is 6.08. The Morgan fingerprint density at radius 2 is 2.00 bits per heavy atom. The molecule has 2 aliphatic heterocycles. The third-order valence-electron chi connectivity index (χ3n) is 4.97. The highest BCUT2D eigenvalue weighted by atomic mass is 32.2. The normalized spacial score (nSPS) is 20.3. The smallest absolute Gasteiger partial charge is 0.339 e. The number of hydrogen-bond acceptors (Lipinski definition) is 8. The molecule has 1 aromatic carbocycles. The highest BCUT2D eigenvalue weighted by molar-refractivity contribution is 7.93. The molecule has 2 aromatic rings. The van der Waals surface area contributed by atoms with Gasteiger partial charge in [0.05, 0.1) is 23.6 Å². The minimum absolute atomic E-state index is 0.0620. The van der Waals surface area contributed by atoms with E-state index in [1.807, 2.05) is 6.07 Å². The Labute approximate surface area is 188 Å². The number of carboxylic acids is 1. The maximum absolute atomic E-state index is 13.0. The van der Waals surface area contributed by atoms with Gasteiger partial charge in [0.25, 0.3) is 11.8 Å². The van der Waals surface area contributed by atoms with Crippen LogP contribution in [-0.2, 0) is 31.7 Å². The SMILES string of the molecule is O=C(O)c1c(NC(=O)C(O)O)sc2c1CCOC2CN1C(=O)C=C(c2ccccc2)S1=O. The van der Waals surface area contributed by atoms with Crippen molar-refractivity contribution >= 4 is 50.0 Å². The van der Waals surface area contributed by atoms with Crippen LogP contribution in [0.5, 0.6) is 0 Å². The number of hydrogen-bond donors (Lipinski definition) is 4. The quantitative estimate of drug-likeness (QED) is 0.446. The summed E-state index contributed by atoms with van der Waals surface area (Å²) in [6.45, 7) is 0.0825. The van der Waals surface area contributed by atoms with E-state index in [9.17, 15) is 23.7 Å². The van der Waals surface area contributed by atoms with Crippen molar-refractivity contribution in [1.29, 1.82) is 0 Å². The zero-order valence-corrected chi connectivity index (χ0v) is 18.0. The van der Waals surface area contributed by atoms with Crippen molar-refractivity contribution in [2.45, 2.75) is 18.8 Å². The summed E-state index contributed by atoms with van der Waals surface area (Å²) >= 11 is 0.913. The van der Waals surface area contributed by atoms with E-state index in [4.69, 9.17) is 14.9 Å². The first-order chi connectivity index (χ1) is 15.3. The highest BCUT2D eigenvalue weighted by Crippen LogP contribution is 2.42. The van der Waals surface area contributed by atoms with E-state index >= 15 is 0 Å². The molecule has 12 heteroatoms. The number of nitrogens with zero attached hydrogens (tertiary/aromatic N) is 1. The van der Waals surface area contributed by atoms with Gasteiger partial charge in [-0.3, -0.25) is 13.9 Å². The van der Waals surface area contributed by atoms with Crippen molar-refractivity contribution in [2.75, 3.05) is 18.5 Å². The van der Waals surface area contributed by atoms with Gasteiger partial charge in [-0.2, -0.15) is 0 Å². The number of anilines is 1. The van der Waals surface area contributed by atoms with E-state index in [1.54, 1.807) is 24.3 Å². The molecule has 2 amide bonds. The number of thiophene rings is 1. The molecule has 4 N–H and O–H groups in total. The van der Waals surface area contributed by atoms with Gasteiger partial charge in [-0.15, -0.1) is 11.3 Å². The molecule has 0 aliphatic carbocycles. The lowest BCUT2D eigenvalue weighted by atomic mass is 10.0. The second-order valence-corrected chi connectivity index (χ2v) is 9.38. The molecule has 10 nitrogen and oxygen atoms in total.